The van der Waals surface area contributed by atoms with Gasteiger partial charge in [0.2, 0.25) is 18.6 Å². The quantitative estimate of drug-likeness (QED) is 0.606. The molecular formula is C22H29N5O5. The lowest BCUT2D eigenvalue weighted by molar-refractivity contribution is -0.130. The molecule has 0 saturated carbocycles. The summed E-state index contributed by atoms with van der Waals surface area (Å²) in [5.74, 6) is 2.45. The maximum absolute atomic E-state index is 12.8. The predicted octanol–water partition coefficient (Wildman–Crippen LogP) is 1.56. The van der Waals surface area contributed by atoms with E-state index >= 15 is 0 Å². The van der Waals surface area contributed by atoms with Gasteiger partial charge in [-0.3, -0.25) is 14.5 Å². The Morgan fingerprint density at radius 1 is 1.06 bits per heavy atom. The van der Waals surface area contributed by atoms with E-state index in [1.807, 2.05) is 18.7 Å². The molecule has 0 radical (unpaired) electrons. The molecule has 0 unspecified atom stereocenters. The molecule has 1 aromatic carbocycles. The van der Waals surface area contributed by atoms with Gasteiger partial charge in [0.25, 0.3) is 5.91 Å². The van der Waals surface area contributed by atoms with Crippen molar-refractivity contribution in [3.8, 4) is 11.5 Å². The number of nitrogens with zero attached hydrogens (tertiary/aromatic N) is 5. The molecule has 0 atom stereocenters. The van der Waals surface area contributed by atoms with Crippen LogP contribution in [0.1, 0.15) is 42.3 Å². The van der Waals surface area contributed by atoms with E-state index in [0.29, 0.717) is 74.3 Å². The van der Waals surface area contributed by atoms with Crippen LogP contribution in [0, 0.1) is 0 Å². The van der Waals surface area contributed by atoms with E-state index in [9.17, 15) is 9.59 Å². The van der Waals surface area contributed by atoms with Crippen molar-refractivity contribution in [1.29, 1.82) is 0 Å². The molecule has 2 amide bonds. The van der Waals surface area contributed by atoms with Gasteiger partial charge in [0.1, 0.15) is 0 Å². The number of hydrogen-bond donors (Lipinski definition) is 0. The number of aryl methyl sites for hydroxylation is 1. The van der Waals surface area contributed by atoms with E-state index in [4.69, 9.17) is 14.0 Å². The number of hydrogen-bond acceptors (Lipinski definition) is 8. The Balaban J connectivity index is 1.24. The molecule has 2 aliphatic rings. The van der Waals surface area contributed by atoms with Crippen molar-refractivity contribution in [2.24, 2.45) is 0 Å². The van der Waals surface area contributed by atoms with Crippen LogP contribution in [0.4, 0.5) is 0 Å². The van der Waals surface area contributed by atoms with E-state index in [1.165, 1.54) is 0 Å². The standard InChI is InChI=1S/C22H29N5O5/c1-3-26(4-2)21(28)8-7-20-23-19(24-32-20)14-25-9-11-27(12-10-25)22(29)16-5-6-17-18(13-16)31-15-30-17/h5-6,13H,3-4,7-12,14-15H2,1-2H3. The number of amides is 2. The molecule has 3 heterocycles. The third-order valence-corrected chi connectivity index (χ3v) is 5.82. The minimum atomic E-state index is -0.0114. The van der Waals surface area contributed by atoms with Gasteiger partial charge in [0.05, 0.1) is 6.54 Å². The number of benzene rings is 1. The molecule has 32 heavy (non-hydrogen) atoms. The first-order valence-electron chi connectivity index (χ1n) is 11.1. The number of rotatable bonds is 8. The van der Waals surface area contributed by atoms with E-state index in [1.54, 1.807) is 23.1 Å². The maximum Gasteiger partial charge on any atom is 0.254 e. The molecule has 172 valence electrons. The van der Waals surface area contributed by atoms with Crippen LogP contribution in [0.2, 0.25) is 0 Å². The average Bonchev–Trinajstić information content (AvgIpc) is 3.47. The van der Waals surface area contributed by atoms with Crippen molar-refractivity contribution in [2.45, 2.75) is 33.2 Å². The van der Waals surface area contributed by atoms with Gasteiger partial charge < -0.3 is 23.8 Å². The molecule has 10 nitrogen and oxygen atoms in total. The molecule has 0 bridgehead atoms. The van der Waals surface area contributed by atoms with Gasteiger partial charge in [-0.2, -0.15) is 4.98 Å². The molecule has 10 heteroatoms. The molecule has 2 aromatic rings. The van der Waals surface area contributed by atoms with Crippen molar-refractivity contribution in [1.82, 2.24) is 24.8 Å². The van der Waals surface area contributed by atoms with Gasteiger partial charge in [-0.25, -0.2) is 0 Å². The number of piperazine rings is 1. The third kappa shape index (κ3) is 5.01. The summed E-state index contributed by atoms with van der Waals surface area (Å²) in [6, 6.07) is 5.28. The molecule has 1 fully saturated rings. The summed E-state index contributed by atoms with van der Waals surface area (Å²) in [5, 5.41) is 4.05. The topological polar surface area (TPSA) is 101 Å². The fourth-order valence-corrected chi connectivity index (χ4v) is 3.93. The monoisotopic (exact) mass is 443 g/mol. The number of ether oxygens (including phenoxy) is 2. The normalized spacial score (nSPS) is 15.8. The fraction of sp³-hybridized carbons (Fsp3) is 0.545. The molecule has 1 aromatic heterocycles. The Bertz CT molecular complexity index is 950. The van der Waals surface area contributed by atoms with Gasteiger partial charge in [0, 0.05) is 57.7 Å². The zero-order chi connectivity index (χ0) is 22.5. The summed E-state index contributed by atoms with van der Waals surface area (Å²) < 4.78 is 16.0. The van der Waals surface area contributed by atoms with Crippen LogP contribution in [0.25, 0.3) is 0 Å². The van der Waals surface area contributed by atoms with Gasteiger partial charge in [0.15, 0.2) is 17.3 Å². The van der Waals surface area contributed by atoms with E-state index in [-0.39, 0.29) is 18.6 Å². The third-order valence-electron chi connectivity index (χ3n) is 5.82. The van der Waals surface area contributed by atoms with Crippen LogP contribution in [0.5, 0.6) is 11.5 Å². The summed E-state index contributed by atoms with van der Waals surface area (Å²) in [4.78, 5) is 35.2. The zero-order valence-electron chi connectivity index (χ0n) is 18.6. The first-order chi connectivity index (χ1) is 15.6. The minimum Gasteiger partial charge on any atom is -0.454 e. The SMILES string of the molecule is CCN(CC)C(=O)CCc1nc(CN2CCN(C(=O)c3ccc4c(c3)OCO4)CC2)no1. The zero-order valence-corrected chi connectivity index (χ0v) is 18.6. The van der Waals surface area contributed by atoms with E-state index in [2.05, 4.69) is 15.0 Å². The van der Waals surface area contributed by atoms with Gasteiger partial charge in [-0.1, -0.05) is 5.16 Å². The van der Waals surface area contributed by atoms with Crippen LogP contribution in [-0.2, 0) is 17.8 Å². The largest absolute Gasteiger partial charge is 0.454 e. The Labute approximate surface area is 187 Å². The summed E-state index contributed by atoms with van der Waals surface area (Å²) in [6.07, 6.45) is 0.810. The molecule has 0 aliphatic carbocycles. The molecule has 0 N–H and O–H groups in total. The Morgan fingerprint density at radius 3 is 2.56 bits per heavy atom. The summed E-state index contributed by atoms with van der Waals surface area (Å²) in [5.41, 5.74) is 0.602. The summed E-state index contributed by atoms with van der Waals surface area (Å²) >= 11 is 0. The lowest BCUT2D eigenvalue weighted by Crippen LogP contribution is -2.48. The van der Waals surface area contributed by atoms with E-state index in [0.717, 1.165) is 13.1 Å². The van der Waals surface area contributed by atoms with Crippen LogP contribution in [0.3, 0.4) is 0 Å². The Kier molecular flexibility index (Phi) is 6.89. The maximum atomic E-state index is 12.8. The molecular weight excluding hydrogens is 414 g/mol. The molecule has 4 rings (SSSR count). The van der Waals surface area contributed by atoms with Crippen LogP contribution < -0.4 is 9.47 Å². The Hall–Kier alpha value is -3.14. The van der Waals surface area contributed by atoms with Crippen molar-refractivity contribution >= 4 is 11.8 Å². The number of carbonyl (C=O) groups excluding carboxylic acids is 2. The molecule has 0 spiro atoms. The van der Waals surface area contributed by atoms with Crippen LogP contribution in [-0.4, -0.2) is 82.7 Å². The van der Waals surface area contributed by atoms with Crippen molar-refractivity contribution in [2.75, 3.05) is 46.1 Å². The van der Waals surface area contributed by atoms with Crippen molar-refractivity contribution in [3.63, 3.8) is 0 Å². The smallest absolute Gasteiger partial charge is 0.254 e. The first kappa shape index (κ1) is 22.1. The predicted molar refractivity (Wildman–Crippen MR) is 114 cm³/mol. The van der Waals surface area contributed by atoms with Crippen LogP contribution in [0.15, 0.2) is 22.7 Å². The van der Waals surface area contributed by atoms with Gasteiger partial charge in [-0.05, 0) is 32.0 Å². The molecule has 1 saturated heterocycles. The second-order valence-corrected chi connectivity index (χ2v) is 7.81. The van der Waals surface area contributed by atoms with Crippen LogP contribution >= 0.6 is 0 Å². The lowest BCUT2D eigenvalue weighted by atomic mass is 10.1. The first-order valence-corrected chi connectivity index (χ1v) is 11.1. The van der Waals surface area contributed by atoms with Gasteiger partial charge >= 0.3 is 0 Å². The minimum absolute atomic E-state index is 0.0114. The fourth-order valence-electron chi connectivity index (χ4n) is 3.93. The summed E-state index contributed by atoms with van der Waals surface area (Å²) in [6.45, 7) is 8.77. The van der Waals surface area contributed by atoms with Crippen molar-refractivity contribution < 1.29 is 23.6 Å². The number of aromatic nitrogens is 2. The lowest BCUT2D eigenvalue weighted by Gasteiger charge is -2.34. The highest BCUT2D eigenvalue weighted by atomic mass is 16.7. The Morgan fingerprint density at radius 2 is 1.81 bits per heavy atom. The van der Waals surface area contributed by atoms with E-state index < -0.39 is 0 Å². The second-order valence-electron chi connectivity index (χ2n) is 7.81. The van der Waals surface area contributed by atoms with Crippen molar-refractivity contribution in [3.05, 3.63) is 35.5 Å². The summed E-state index contributed by atoms with van der Waals surface area (Å²) in [7, 11) is 0. The number of carbonyl (C=O) groups is 2. The molecule has 2 aliphatic heterocycles. The second kappa shape index (κ2) is 9.99. The number of fused-ring (bicyclic) bond motifs is 1. The average molecular weight is 444 g/mol. The highest BCUT2D eigenvalue weighted by Crippen LogP contribution is 2.32. The highest BCUT2D eigenvalue weighted by Gasteiger charge is 2.25. The van der Waals surface area contributed by atoms with Gasteiger partial charge in [-0.15, -0.1) is 0 Å². The highest BCUT2D eigenvalue weighted by molar-refractivity contribution is 5.95.